The number of unbranched alkanes of at least 4 members (excludes halogenated alkanes) is 15. The van der Waals surface area contributed by atoms with Gasteiger partial charge in [-0.1, -0.05) is 206 Å². The minimum Gasteiger partial charge on any atom is -0.479 e. The average Bonchev–Trinajstić information content (AvgIpc) is 3.43. The van der Waals surface area contributed by atoms with Crippen LogP contribution in [0.3, 0.4) is 0 Å². The quantitative estimate of drug-likeness (QED) is 0.0228. The van der Waals surface area contributed by atoms with E-state index < -0.39 is 67.3 Å². The molecule has 1 aliphatic heterocycles. The van der Waals surface area contributed by atoms with Gasteiger partial charge in [0.1, 0.15) is 18.8 Å². The fourth-order valence-electron chi connectivity index (χ4n) is 8.07. The summed E-state index contributed by atoms with van der Waals surface area (Å²) in [5, 5.41) is 31.5. The van der Waals surface area contributed by atoms with Crippen LogP contribution in [0.1, 0.15) is 213 Å². The number of aliphatic carboxylic acids is 1. The highest BCUT2D eigenvalue weighted by molar-refractivity contribution is 5.74. The molecule has 1 heterocycles. The Kier molecular flexibility index (Phi) is 47.2. The number of carbonyl (C=O) groups is 4. The molecule has 3 N–H and O–H groups in total. The summed E-state index contributed by atoms with van der Waals surface area (Å²) in [5.41, 5.74) is 0. The second-order valence-electron chi connectivity index (χ2n) is 19.5. The summed E-state index contributed by atoms with van der Waals surface area (Å²) in [5.74, 6) is -3.34. The van der Waals surface area contributed by atoms with Crippen molar-refractivity contribution in [1.82, 2.24) is 0 Å². The van der Waals surface area contributed by atoms with Crippen LogP contribution in [0.25, 0.3) is 0 Å². The monoisotopic (exact) mass is 1070 g/mol. The van der Waals surface area contributed by atoms with Crippen LogP contribution in [0, 0.1) is 0 Å². The highest BCUT2D eigenvalue weighted by Gasteiger charge is 2.50. The molecule has 1 aliphatic rings. The van der Waals surface area contributed by atoms with Gasteiger partial charge in [0.05, 0.1) is 13.0 Å². The van der Waals surface area contributed by atoms with Gasteiger partial charge in [-0.05, 0) is 109 Å². The SMILES string of the molecule is CC/C=C\C/C=C\C/C=C\C/C=C\C/C=C\CC(=O)OC(COC(=O)CCCCCCCCC/C=C\C/C=C\CCCCC)COC1OC(C(=O)O)C(O)C(O)C1OC(=O)CCCCCCC/C=C\C/C=C\C/C=C\CC. The summed E-state index contributed by atoms with van der Waals surface area (Å²) in [7, 11) is 0. The van der Waals surface area contributed by atoms with Gasteiger partial charge in [-0.25, -0.2) is 4.79 Å². The van der Waals surface area contributed by atoms with E-state index in [9.17, 15) is 34.5 Å². The zero-order chi connectivity index (χ0) is 56.1. The van der Waals surface area contributed by atoms with Crippen LogP contribution >= 0.6 is 0 Å². The molecule has 0 aromatic rings. The van der Waals surface area contributed by atoms with Crippen molar-refractivity contribution in [2.75, 3.05) is 13.2 Å². The summed E-state index contributed by atoms with van der Waals surface area (Å²) in [6, 6.07) is 0. The lowest BCUT2D eigenvalue weighted by Gasteiger charge is -2.40. The number of aliphatic hydroxyl groups excluding tert-OH is 2. The Bertz CT molecular complexity index is 1800. The maximum Gasteiger partial charge on any atom is 0.335 e. The summed E-state index contributed by atoms with van der Waals surface area (Å²) in [6.45, 7) is 5.63. The molecule has 12 heteroatoms. The first kappa shape index (κ1) is 70.1. The van der Waals surface area contributed by atoms with Gasteiger partial charge in [0.15, 0.2) is 24.6 Å². The van der Waals surface area contributed by atoms with Crippen molar-refractivity contribution in [3.8, 4) is 0 Å². The first-order chi connectivity index (χ1) is 37.6. The van der Waals surface area contributed by atoms with Crippen LogP contribution in [0.4, 0.5) is 0 Å². The zero-order valence-corrected chi connectivity index (χ0v) is 47.7. The van der Waals surface area contributed by atoms with Gasteiger partial charge < -0.3 is 39.0 Å². The number of hydrogen-bond donors (Lipinski definition) is 3. The van der Waals surface area contributed by atoms with Gasteiger partial charge in [0.2, 0.25) is 0 Å². The Labute approximate surface area is 465 Å². The second-order valence-corrected chi connectivity index (χ2v) is 19.5. The van der Waals surface area contributed by atoms with Crippen LogP contribution in [-0.4, -0.2) is 89.2 Å². The molecule has 0 aromatic carbocycles. The third kappa shape index (κ3) is 41.8. The van der Waals surface area contributed by atoms with Crippen molar-refractivity contribution in [1.29, 1.82) is 0 Å². The van der Waals surface area contributed by atoms with Crippen molar-refractivity contribution >= 4 is 23.9 Å². The van der Waals surface area contributed by atoms with E-state index in [1.807, 2.05) is 18.2 Å². The molecule has 0 aliphatic carbocycles. The molecule has 12 nitrogen and oxygen atoms in total. The zero-order valence-electron chi connectivity index (χ0n) is 47.7. The predicted octanol–water partition coefficient (Wildman–Crippen LogP) is 15.2. The molecule has 6 unspecified atom stereocenters. The molecule has 1 saturated heterocycles. The van der Waals surface area contributed by atoms with Gasteiger partial charge in [0, 0.05) is 12.8 Å². The maximum atomic E-state index is 13.1. The number of carbonyl (C=O) groups excluding carboxylic acids is 3. The second kappa shape index (κ2) is 51.9. The molecule has 0 saturated carbocycles. The number of carboxylic acids is 1. The van der Waals surface area contributed by atoms with Crippen LogP contribution in [-0.2, 0) is 42.9 Å². The van der Waals surface area contributed by atoms with Gasteiger partial charge in [0.25, 0.3) is 0 Å². The molecular formula is C65H102O12. The standard InChI is InChI=1S/C65H102O12/c1-4-7-10-13-16-19-22-25-28-29-32-33-36-39-42-45-48-51-57(66)73-54-56(75-58(67)52-49-46-43-40-37-34-30-26-23-20-17-14-11-8-5-2)55-74-65-63(61(70)60(69)62(77-65)64(71)72)76-59(68)53-50-47-44-41-38-35-31-27-24-21-18-15-12-9-6-3/h8-9,11-12,16-21,25-28,30-31,37,40,46,49,56,60-63,65,69-70H,4-7,10,13-15,22-24,29,32-36,38-39,41-45,47-48,50-55H2,1-3H3,(H,71,72)/b11-8-,12-9-,19-16-,20-17-,21-18-,28-25-,30-26-,31-27-,40-37-,49-46-. The van der Waals surface area contributed by atoms with Crippen molar-refractivity contribution < 1.29 is 58.2 Å². The number of esters is 3. The van der Waals surface area contributed by atoms with Crippen LogP contribution in [0.15, 0.2) is 122 Å². The highest BCUT2D eigenvalue weighted by Crippen LogP contribution is 2.26. The molecular weight excluding hydrogens is 973 g/mol. The predicted molar refractivity (Wildman–Crippen MR) is 312 cm³/mol. The van der Waals surface area contributed by atoms with E-state index in [2.05, 4.69) is 118 Å². The summed E-state index contributed by atoms with van der Waals surface area (Å²) < 4.78 is 28.3. The molecule has 0 amide bonds. The minimum absolute atomic E-state index is 0.0235. The summed E-state index contributed by atoms with van der Waals surface area (Å²) in [4.78, 5) is 51.1. The smallest absolute Gasteiger partial charge is 0.335 e. The van der Waals surface area contributed by atoms with E-state index in [1.54, 1.807) is 6.08 Å². The Morgan fingerprint density at radius 3 is 1.31 bits per heavy atom. The minimum atomic E-state index is -1.93. The van der Waals surface area contributed by atoms with E-state index >= 15 is 0 Å². The van der Waals surface area contributed by atoms with E-state index in [-0.39, 0.29) is 25.9 Å². The number of rotatable bonds is 48. The molecule has 6 atom stereocenters. The number of allylic oxidation sites excluding steroid dienone is 19. The maximum absolute atomic E-state index is 13.1. The third-order valence-electron chi connectivity index (χ3n) is 12.5. The molecule has 1 fully saturated rings. The van der Waals surface area contributed by atoms with Gasteiger partial charge in [-0.3, -0.25) is 14.4 Å². The molecule has 434 valence electrons. The van der Waals surface area contributed by atoms with Crippen molar-refractivity contribution in [3.05, 3.63) is 122 Å². The van der Waals surface area contributed by atoms with Gasteiger partial charge in [-0.2, -0.15) is 0 Å². The molecule has 0 aromatic heterocycles. The topological polar surface area (TPSA) is 175 Å². The van der Waals surface area contributed by atoms with Crippen molar-refractivity contribution in [3.63, 3.8) is 0 Å². The number of aliphatic hydroxyl groups is 2. The van der Waals surface area contributed by atoms with E-state index in [1.165, 1.54) is 32.1 Å². The fraction of sp³-hybridized carbons (Fsp3) is 0.631. The van der Waals surface area contributed by atoms with E-state index in [0.717, 1.165) is 122 Å². The molecule has 0 spiro atoms. The van der Waals surface area contributed by atoms with Gasteiger partial charge >= 0.3 is 23.9 Å². The van der Waals surface area contributed by atoms with Crippen molar-refractivity contribution in [2.24, 2.45) is 0 Å². The molecule has 0 bridgehead atoms. The lowest BCUT2D eigenvalue weighted by molar-refractivity contribution is -0.301. The van der Waals surface area contributed by atoms with Gasteiger partial charge in [-0.15, -0.1) is 0 Å². The largest absolute Gasteiger partial charge is 0.479 e. The van der Waals surface area contributed by atoms with Crippen LogP contribution < -0.4 is 0 Å². The molecule has 0 radical (unpaired) electrons. The summed E-state index contributed by atoms with van der Waals surface area (Å²) in [6.07, 6.45) is 59.1. The van der Waals surface area contributed by atoms with Crippen LogP contribution in [0.2, 0.25) is 0 Å². The number of hydrogen-bond acceptors (Lipinski definition) is 11. The fourth-order valence-corrected chi connectivity index (χ4v) is 8.07. The Hall–Kier alpha value is -4.88. The first-order valence-corrected chi connectivity index (χ1v) is 29.5. The Morgan fingerprint density at radius 1 is 0.455 bits per heavy atom. The normalized spacial score (nSPS) is 18.9. The highest BCUT2D eigenvalue weighted by atomic mass is 16.7. The molecule has 77 heavy (non-hydrogen) atoms. The van der Waals surface area contributed by atoms with E-state index in [0.29, 0.717) is 19.3 Å². The first-order valence-electron chi connectivity index (χ1n) is 29.5. The average molecular weight is 1080 g/mol. The Balaban J connectivity index is 2.76. The number of carboxylic acid groups (broad SMARTS) is 1. The Morgan fingerprint density at radius 2 is 0.857 bits per heavy atom. The third-order valence-corrected chi connectivity index (χ3v) is 12.5. The summed E-state index contributed by atoms with van der Waals surface area (Å²) >= 11 is 0. The molecule has 1 rings (SSSR count). The lowest BCUT2D eigenvalue weighted by Crippen LogP contribution is -2.61. The van der Waals surface area contributed by atoms with E-state index in [4.69, 9.17) is 23.7 Å². The lowest BCUT2D eigenvalue weighted by atomic mass is 9.98. The van der Waals surface area contributed by atoms with Crippen LogP contribution in [0.5, 0.6) is 0 Å². The number of ether oxygens (including phenoxy) is 5. The van der Waals surface area contributed by atoms with Crippen molar-refractivity contribution in [2.45, 2.75) is 250 Å².